The normalized spacial score (nSPS) is 33.1. The van der Waals surface area contributed by atoms with E-state index in [2.05, 4.69) is 0 Å². The van der Waals surface area contributed by atoms with E-state index in [4.69, 9.17) is 21.1 Å². The summed E-state index contributed by atoms with van der Waals surface area (Å²) in [6.45, 7) is 2.69. The van der Waals surface area contributed by atoms with Crippen LogP contribution in [0.5, 0.6) is 0 Å². The predicted molar refractivity (Wildman–Crippen MR) is 87.8 cm³/mol. The van der Waals surface area contributed by atoms with E-state index in [1.54, 1.807) is 18.2 Å². The average molecular weight is 400 g/mol. The molecule has 0 aromatic heterocycles. The molecule has 2 saturated heterocycles. The predicted octanol–water partition coefficient (Wildman–Crippen LogP) is 0.750. The van der Waals surface area contributed by atoms with Gasteiger partial charge in [0.25, 0.3) is 6.29 Å². The molecule has 0 saturated carbocycles. The Labute approximate surface area is 153 Å². The quantitative estimate of drug-likeness (QED) is 0.410. The number of β-lactam (4-membered cyclic amide) rings is 1. The number of carbonyl (C=O) groups excluding carboxylic acids is 3. The molecule has 0 N–H and O–H groups in total. The van der Waals surface area contributed by atoms with Gasteiger partial charge in [-0.1, -0.05) is 18.2 Å². The van der Waals surface area contributed by atoms with Gasteiger partial charge in [0.1, 0.15) is 16.2 Å². The van der Waals surface area contributed by atoms with Crippen molar-refractivity contribution in [3.05, 3.63) is 35.4 Å². The highest BCUT2D eigenvalue weighted by Gasteiger charge is 2.72. The van der Waals surface area contributed by atoms with Crippen LogP contribution in [0.25, 0.3) is 0 Å². The number of hydrogen-bond donors (Lipinski definition) is 0. The Morgan fingerprint density at radius 3 is 2.62 bits per heavy atom. The van der Waals surface area contributed by atoms with E-state index in [9.17, 15) is 22.8 Å². The van der Waals surface area contributed by atoms with Gasteiger partial charge >= 0.3 is 11.9 Å². The van der Waals surface area contributed by atoms with E-state index < -0.39 is 55.5 Å². The highest BCUT2D eigenvalue weighted by atomic mass is 35.5. The zero-order valence-corrected chi connectivity index (χ0v) is 15.3. The minimum atomic E-state index is -3.88. The first-order chi connectivity index (χ1) is 12.1. The van der Waals surface area contributed by atoms with Gasteiger partial charge in [-0.15, -0.1) is 11.6 Å². The first-order valence-corrected chi connectivity index (χ1v) is 9.77. The Morgan fingerprint density at radius 2 is 1.92 bits per heavy atom. The third-order valence-electron chi connectivity index (χ3n) is 5.10. The zero-order valence-electron chi connectivity index (χ0n) is 13.7. The van der Waals surface area contributed by atoms with Crippen molar-refractivity contribution in [2.24, 2.45) is 0 Å². The Balaban J connectivity index is 1.65. The smallest absolute Gasteiger partial charge is 0.342 e. The summed E-state index contributed by atoms with van der Waals surface area (Å²) in [5, 5.41) is -2.48. The molecule has 0 bridgehead atoms. The van der Waals surface area contributed by atoms with E-state index in [1.165, 1.54) is 19.9 Å². The van der Waals surface area contributed by atoms with Gasteiger partial charge in [-0.25, -0.2) is 18.0 Å². The van der Waals surface area contributed by atoms with Crippen molar-refractivity contribution in [2.45, 2.75) is 41.7 Å². The molecule has 0 radical (unpaired) electrons. The number of ether oxygens (including phenoxy) is 2. The van der Waals surface area contributed by atoms with Crippen LogP contribution >= 0.6 is 11.6 Å². The number of carbonyl (C=O) groups is 3. The molecule has 26 heavy (non-hydrogen) atoms. The lowest BCUT2D eigenvalue weighted by molar-refractivity contribution is -0.179. The summed E-state index contributed by atoms with van der Waals surface area (Å²) >= 11 is 5.85. The molecule has 3 aliphatic rings. The average Bonchev–Trinajstić information content (AvgIpc) is 2.96. The van der Waals surface area contributed by atoms with E-state index in [1.807, 2.05) is 0 Å². The third-order valence-corrected chi connectivity index (χ3v) is 8.50. The Kier molecular flexibility index (Phi) is 3.46. The SMILES string of the molecule is CC1(C)[C@H](C(=O)OC2OC(=O)c3ccccc32)N2C(=O)[C@@H](Cl)[C@H]2S1(=O)=O. The summed E-state index contributed by atoms with van der Waals surface area (Å²) < 4.78 is 34.1. The van der Waals surface area contributed by atoms with Crippen molar-refractivity contribution in [1.82, 2.24) is 4.90 Å². The minimum Gasteiger partial charge on any atom is -0.419 e. The van der Waals surface area contributed by atoms with Crippen LogP contribution in [0.1, 0.15) is 36.1 Å². The zero-order chi connectivity index (χ0) is 19.0. The van der Waals surface area contributed by atoms with Gasteiger partial charge in [0.05, 0.1) is 5.56 Å². The lowest BCUT2D eigenvalue weighted by atomic mass is 9.98. The van der Waals surface area contributed by atoms with Crippen LogP contribution in [-0.4, -0.2) is 52.7 Å². The standard InChI is InChI=1S/C16H14ClNO7S/c1-16(2)10(18-11(19)9(17)12(18)26(16,22)23)14(21)25-15-8-6-4-3-5-7(8)13(20)24-15/h3-6,9-10,12,15H,1-2H3/t9-,10+,12-,15?/m1/s1. The lowest BCUT2D eigenvalue weighted by Crippen LogP contribution is -2.64. The number of rotatable bonds is 2. The molecule has 2 fully saturated rings. The van der Waals surface area contributed by atoms with Gasteiger partial charge in [-0.2, -0.15) is 0 Å². The summed E-state index contributed by atoms with van der Waals surface area (Å²) in [5.74, 6) is -2.25. The summed E-state index contributed by atoms with van der Waals surface area (Å²) in [6, 6.07) is 5.02. The maximum absolute atomic E-state index is 12.7. The second-order valence-corrected chi connectivity index (χ2v) is 9.95. The fourth-order valence-corrected chi connectivity index (χ4v) is 6.34. The molecule has 1 amide bonds. The second-order valence-electron chi connectivity index (χ2n) is 6.85. The fourth-order valence-electron chi connectivity index (χ4n) is 3.60. The number of fused-ring (bicyclic) bond motifs is 2. The van der Waals surface area contributed by atoms with Crippen LogP contribution in [0.2, 0.25) is 0 Å². The number of alkyl halides is 1. The minimum absolute atomic E-state index is 0.266. The van der Waals surface area contributed by atoms with Crippen molar-refractivity contribution in [3.63, 3.8) is 0 Å². The van der Waals surface area contributed by atoms with Gasteiger partial charge in [0.15, 0.2) is 15.2 Å². The second kappa shape index (κ2) is 5.20. The molecule has 4 rings (SSSR count). The number of hydrogen-bond acceptors (Lipinski definition) is 7. The van der Waals surface area contributed by atoms with Crippen molar-refractivity contribution in [1.29, 1.82) is 0 Å². The van der Waals surface area contributed by atoms with Crippen molar-refractivity contribution < 1.29 is 32.3 Å². The lowest BCUT2D eigenvalue weighted by Gasteiger charge is -2.39. The van der Waals surface area contributed by atoms with Crippen molar-refractivity contribution in [3.8, 4) is 0 Å². The molecule has 4 atom stereocenters. The van der Waals surface area contributed by atoms with Crippen molar-refractivity contribution in [2.75, 3.05) is 0 Å². The highest BCUT2D eigenvalue weighted by Crippen LogP contribution is 2.48. The van der Waals surface area contributed by atoms with Crippen LogP contribution in [0.3, 0.4) is 0 Å². The van der Waals surface area contributed by atoms with E-state index >= 15 is 0 Å². The molecule has 3 heterocycles. The van der Waals surface area contributed by atoms with Crippen LogP contribution < -0.4 is 0 Å². The summed E-state index contributed by atoms with van der Waals surface area (Å²) in [4.78, 5) is 37.6. The van der Waals surface area contributed by atoms with Crippen LogP contribution in [0, 0.1) is 0 Å². The van der Waals surface area contributed by atoms with Crippen molar-refractivity contribution >= 4 is 39.3 Å². The molecule has 0 aliphatic carbocycles. The first kappa shape index (κ1) is 17.3. The van der Waals surface area contributed by atoms with Gasteiger partial charge in [0.2, 0.25) is 5.91 Å². The fraction of sp³-hybridized carbons (Fsp3) is 0.438. The number of cyclic esters (lactones) is 1. The maximum Gasteiger partial charge on any atom is 0.342 e. The summed E-state index contributed by atoms with van der Waals surface area (Å²) in [7, 11) is -3.88. The van der Waals surface area contributed by atoms with Gasteiger partial charge in [-0.3, -0.25) is 4.79 Å². The summed E-state index contributed by atoms with van der Waals surface area (Å²) in [6.07, 6.45) is -1.29. The summed E-state index contributed by atoms with van der Waals surface area (Å²) in [5.41, 5.74) is 0.633. The molecule has 10 heteroatoms. The number of sulfone groups is 1. The molecule has 8 nitrogen and oxygen atoms in total. The topological polar surface area (TPSA) is 107 Å². The third kappa shape index (κ3) is 1.95. The molecule has 1 unspecified atom stereocenters. The molecule has 3 aliphatic heterocycles. The van der Waals surface area contributed by atoms with Crippen LogP contribution in [0.15, 0.2) is 24.3 Å². The van der Waals surface area contributed by atoms with Gasteiger partial charge < -0.3 is 14.4 Å². The van der Waals surface area contributed by atoms with E-state index in [-0.39, 0.29) is 5.56 Å². The number of benzene rings is 1. The number of nitrogens with zero attached hydrogens (tertiary/aromatic N) is 1. The largest absolute Gasteiger partial charge is 0.419 e. The molecular formula is C16H14ClNO7S. The Bertz CT molecular complexity index is 957. The molecule has 1 aromatic carbocycles. The molecular weight excluding hydrogens is 386 g/mol. The van der Waals surface area contributed by atoms with Gasteiger partial charge in [-0.05, 0) is 19.9 Å². The Morgan fingerprint density at radius 1 is 1.27 bits per heavy atom. The van der Waals surface area contributed by atoms with Gasteiger partial charge in [0, 0.05) is 5.56 Å². The number of amides is 1. The number of esters is 2. The van der Waals surface area contributed by atoms with E-state index in [0.717, 1.165) is 4.90 Å². The maximum atomic E-state index is 12.7. The molecule has 0 spiro atoms. The Hall–Kier alpha value is -2.13. The molecule has 138 valence electrons. The first-order valence-electron chi connectivity index (χ1n) is 7.79. The molecule has 1 aromatic rings. The highest BCUT2D eigenvalue weighted by molar-refractivity contribution is 7.94. The van der Waals surface area contributed by atoms with Crippen LogP contribution in [-0.2, 0) is 28.9 Å². The van der Waals surface area contributed by atoms with Crippen LogP contribution in [0.4, 0.5) is 0 Å². The monoisotopic (exact) mass is 399 g/mol. The number of halogens is 1. The van der Waals surface area contributed by atoms with E-state index in [0.29, 0.717) is 5.56 Å².